The summed E-state index contributed by atoms with van der Waals surface area (Å²) in [6.07, 6.45) is 0. The number of hydrogen-bond donors (Lipinski definition) is 0. The summed E-state index contributed by atoms with van der Waals surface area (Å²) in [4.78, 5) is 0. The molecule has 0 spiro atoms. The van der Waals surface area contributed by atoms with Gasteiger partial charge in [0.25, 0.3) is 0 Å². The Hall–Kier alpha value is -6.58. The van der Waals surface area contributed by atoms with Crippen molar-refractivity contribution < 1.29 is 13.3 Å². The zero-order chi connectivity index (χ0) is 32.1. The minimum atomic E-state index is 0.769. The number of benzene rings is 8. The lowest BCUT2D eigenvalue weighted by Gasteiger charge is -2.18. The van der Waals surface area contributed by atoms with E-state index in [-0.39, 0.29) is 0 Å². The molecular formula is C46H26O3. The fourth-order valence-electron chi connectivity index (χ4n) is 7.94. The molecule has 0 aliphatic rings. The van der Waals surface area contributed by atoms with Crippen molar-refractivity contribution in [3.8, 4) is 33.6 Å². The number of hydrogen-bond acceptors (Lipinski definition) is 3. The second kappa shape index (κ2) is 9.96. The molecule has 8 aromatic carbocycles. The summed E-state index contributed by atoms with van der Waals surface area (Å²) >= 11 is 0. The first-order valence-corrected chi connectivity index (χ1v) is 16.6. The Morgan fingerprint density at radius 1 is 0.327 bits per heavy atom. The van der Waals surface area contributed by atoms with Gasteiger partial charge in [-0.3, -0.25) is 0 Å². The Morgan fingerprint density at radius 3 is 1.76 bits per heavy atom. The average Bonchev–Trinajstić information content (AvgIpc) is 3.87. The monoisotopic (exact) mass is 626 g/mol. The van der Waals surface area contributed by atoms with Crippen LogP contribution in [0.25, 0.3) is 110 Å². The van der Waals surface area contributed by atoms with Gasteiger partial charge in [0.05, 0.1) is 0 Å². The fraction of sp³-hybridized carbons (Fsp3) is 0. The minimum absolute atomic E-state index is 0.769. The Kier molecular flexibility index (Phi) is 5.38. The molecule has 0 unspecified atom stereocenters. The van der Waals surface area contributed by atoms with Gasteiger partial charge in [0.15, 0.2) is 11.2 Å². The molecule has 0 amide bonds. The van der Waals surface area contributed by atoms with E-state index in [1.54, 1.807) is 0 Å². The summed E-state index contributed by atoms with van der Waals surface area (Å²) in [5.41, 5.74) is 9.95. The lowest BCUT2D eigenvalue weighted by atomic mass is 9.84. The maximum Gasteiger partial charge on any atom is 0.178 e. The molecule has 0 saturated heterocycles. The SMILES string of the molecule is c1ccc(-c2cc3ccc4c(oc5cccc(-c6c7ccccc7c(-c7ccc8oc9ccccc9c8c7)c7ccccc67)c54)c3o2)cc1. The zero-order valence-electron chi connectivity index (χ0n) is 26.2. The van der Waals surface area contributed by atoms with Crippen LogP contribution < -0.4 is 0 Å². The Balaban J connectivity index is 1.21. The molecule has 0 N–H and O–H groups in total. The van der Waals surface area contributed by atoms with E-state index in [4.69, 9.17) is 13.3 Å². The predicted molar refractivity (Wildman–Crippen MR) is 202 cm³/mol. The molecule has 0 atom stereocenters. The second-order valence-electron chi connectivity index (χ2n) is 12.8. The molecule has 0 aliphatic heterocycles. The number of furan rings is 3. The van der Waals surface area contributed by atoms with Crippen LogP contribution in [0.1, 0.15) is 0 Å². The highest BCUT2D eigenvalue weighted by molar-refractivity contribution is 6.27. The average molecular weight is 627 g/mol. The maximum atomic E-state index is 6.66. The molecule has 11 rings (SSSR count). The summed E-state index contributed by atoms with van der Waals surface area (Å²) in [6, 6.07) is 55.5. The minimum Gasteiger partial charge on any atom is -0.456 e. The van der Waals surface area contributed by atoms with E-state index < -0.39 is 0 Å². The summed E-state index contributed by atoms with van der Waals surface area (Å²) in [7, 11) is 0. The van der Waals surface area contributed by atoms with Crippen LogP contribution in [-0.2, 0) is 0 Å². The first-order valence-electron chi connectivity index (χ1n) is 16.6. The van der Waals surface area contributed by atoms with Crippen molar-refractivity contribution >= 4 is 76.4 Å². The van der Waals surface area contributed by atoms with Gasteiger partial charge >= 0.3 is 0 Å². The van der Waals surface area contributed by atoms with Crippen molar-refractivity contribution in [2.24, 2.45) is 0 Å². The van der Waals surface area contributed by atoms with Crippen LogP contribution in [-0.4, -0.2) is 0 Å². The quantitative estimate of drug-likeness (QED) is 0.183. The molecule has 3 aromatic heterocycles. The van der Waals surface area contributed by atoms with E-state index >= 15 is 0 Å². The third-order valence-electron chi connectivity index (χ3n) is 10.1. The van der Waals surface area contributed by atoms with Gasteiger partial charge in [-0.25, -0.2) is 0 Å². The molecule has 0 saturated carbocycles. The van der Waals surface area contributed by atoms with Crippen LogP contribution in [0.2, 0.25) is 0 Å². The van der Waals surface area contributed by atoms with E-state index in [9.17, 15) is 0 Å². The standard InChI is InChI=1S/C46H26O3/c1-2-11-27(12-3-1)41-26-29-21-23-36-44-35(18-10-20-40(44)48-46(36)45(29)49-41)43-33-16-6-4-14-31(33)42(32-15-5-7-17-34(32)43)28-22-24-39-37(25-28)30-13-8-9-19-38(30)47-39/h1-26H. The molecule has 0 fully saturated rings. The normalized spacial score (nSPS) is 12.1. The van der Waals surface area contributed by atoms with Gasteiger partial charge in [-0.2, -0.15) is 0 Å². The van der Waals surface area contributed by atoms with Crippen molar-refractivity contribution in [1.82, 2.24) is 0 Å². The summed E-state index contributed by atoms with van der Waals surface area (Å²) in [5, 5.41) is 10.2. The van der Waals surface area contributed by atoms with E-state index in [0.717, 1.165) is 71.7 Å². The molecule has 0 bridgehead atoms. The van der Waals surface area contributed by atoms with Gasteiger partial charge in [-0.15, -0.1) is 0 Å². The molecule has 0 radical (unpaired) electrons. The number of para-hydroxylation sites is 1. The van der Waals surface area contributed by atoms with E-state index in [1.807, 2.05) is 30.3 Å². The third kappa shape index (κ3) is 3.78. The largest absolute Gasteiger partial charge is 0.456 e. The molecule has 3 nitrogen and oxygen atoms in total. The predicted octanol–water partition coefficient (Wildman–Crippen LogP) is 13.5. The van der Waals surface area contributed by atoms with Crippen LogP contribution >= 0.6 is 0 Å². The van der Waals surface area contributed by atoms with Crippen LogP contribution in [0.3, 0.4) is 0 Å². The van der Waals surface area contributed by atoms with Gasteiger partial charge in [-0.1, -0.05) is 121 Å². The molecule has 228 valence electrons. The smallest absolute Gasteiger partial charge is 0.178 e. The van der Waals surface area contributed by atoms with Crippen molar-refractivity contribution in [2.45, 2.75) is 0 Å². The maximum absolute atomic E-state index is 6.66. The highest BCUT2D eigenvalue weighted by Gasteiger charge is 2.22. The van der Waals surface area contributed by atoms with Gasteiger partial charge in [0, 0.05) is 32.5 Å². The Labute approximate surface area is 280 Å². The molecule has 49 heavy (non-hydrogen) atoms. The van der Waals surface area contributed by atoms with Gasteiger partial charge < -0.3 is 13.3 Å². The van der Waals surface area contributed by atoms with Crippen molar-refractivity contribution in [1.29, 1.82) is 0 Å². The highest BCUT2D eigenvalue weighted by atomic mass is 16.4. The second-order valence-corrected chi connectivity index (χ2v) is 12.8. The van der Waals surface area contributed by atoms with Crippen LogP contribution in [0, 0.1) is 0 Å². The van der Waals surface area contributed by atoms with Crippen LogP contribution in [0.15, 0.2) is 171 Å². The lowest BCUT2D eigenvalue weighted by molar-refractivity contribution is 0.611. The van der Waals surface area contributed by atoms with Crippen LogP contribution in [0.5, 0.6) is 0 Å². The number of rotatable bonds is 3. The fourth-order valence-corrected chi connectivity index (χ4v) is 7.94. The highest BCUT2D eigenvalue weighted by Crippen LogP contribution is 2.48. The number of fused-ring (bicyclic) bond motifs is 10. The molecule has 0 aliphatic carbocycles. The van der Waals surface area contributed by atoms with E-state index in [1.165, 1.54) is 38.2 Å². The van der Waals surface area contributed by atoms with Crippen molar-refractivity contribution in [3.63, 3.8) is 0 Å². The molecule has 3 heteroatoms. The Bertz CT molecular complexity index is 3040. The summed E-state index contributed by atoms with van der Waals surface area (Å²) in [5.74, 6) is 0.831. The third-order valence-corrected chi connectivity index (χ3v) is 10.1. The first-order chi connectivity index (χ1) is 24.3. The van der Waals surface area contributed by atoms with E-state index in [2.05, 4.69) is 127 Å². The summed E-state index contributed by atoms with van der Waals surface area (Å²) in [6.45, 7) is 0. The molecular weight excluding hydrogens is 601 g/mol. The lowest BCUT2D eigenvalue weighted by Crippen LogP contribution is -1.91. The molecule has 3 heterocycles. The topological polar surface area (TPSA) is 39.4 Å². The van der Waals surface area contributed by atoms with E-state index in [0.29, 0.717) is 0 Å². The van der Waals surface area contributed by atoms with Crippen molar-refractivity contribution in [3.05, 3.63) is 158 Å². The van der Waals surface area contributed by atoms with Gasteiger partial charge in [0.1, 0.15) is 22.5 Å². The van der Waals surface area contributed by atoms with Crippen molar-refractivity contribution in [2.75, 3.05) is 0 Å². The zero-order valence-corrected chi connectivity index (χ0v) is 26.2. The van der Waals surface area contributed by atoms with Gasteiger partial charge in [0.2, 0.25) is 0 Å². The Morgan fingerprint density at radius 2 is 0.980 bits per heavy atom. The summed E-state index contributed by atoms with van der Waals surface area (Å²) < 4.78 is 19.4. The van der Waals surface area contributed by atoms with Gasteiger partial charge in [-0.05, 0) is 80.2 Å². The molecule has 11 aromatic rings. The van der Waals surface area contributed by atoms with Crippen LogP contribution in [0.4, 0.5) is 0 Å². The first kappa shape index (κ1) is 26.5.